The molecule has 4 heterocycles. The Morgan fingerprint density at radius 1 is 1.18 bits per heavy atom. The standard InChI is InChI=1S/C25H17N3O4S/c29-21-13-16(26-25-28(21)9-11-33-25)14-32-24(30)22-18-5-1-2-6-20(18)27-23-15(7-8-19(22)23)12-17-4-3-10-31-17/h1-6,9-13H,7-8,14H2/b15-12+. The number of ether oxygens (including phenoxy) is 1. The molecule has 0 saturated heterocycles. The molecule has 0 spiro atoms. The third kappa shape index (κ3) is 3.44. The van der Waals surface area contributed by atoms with Crippen LogP contribution in [0, 0.1) is 0 Å². The minimum absolute atomic E-state index is 0.0804. The van der Waals surface area contributed by atoms with E-state index in [0.717, 1.165) is 39.9 Å². The van der Waals surface area contributed by atoms with Crippen molar-refractivity contribution in [1.82, 2.24) is 14.4 Å². The Balaban J connectivity index is 1.38. The number of hydrogen-bond donors (Lipinski definition) is 0. The van der Waals surface area contributed by atoms with Gasteiger partial charge in [0.05, 0.1) is 28.7 Å². The zero-order valence-corrected chi connectivity index (χ0v) is 18.2. The van der Waals surface area contributed by atoms with Crippen LogP contribution in [0.25, 0.3) is 27.5 Å². The van der Waals surface area contributed by atoms with Crippen molar-refractivity contribution in [3.05, 3.63) is 98.9 Å². The molecule has 0 amide bonds. The summed E-state index contributed by atoms with van der Waals surface area (Å²) in [6.45, 7) is -0.0804. The smallest absolute Gasteiger partial charge is 0.339 e. The lowest BCUT2D eigenvalue weighted by Crippen LogP contribution is -2.15. The van der Waals surface area contributed by atoms with Gasteiger partial charge in [0.25, 0.3) is 5.56 Å². The summed E-state index contributed by atoms with van der Waals surface area (Å²) in [7, 11) is 0. The van der Waals surface area contributed by atoms with E-state index in [4.69, 9.17) is 14.1 Å². The number of furan rings is 1. The third-order valence-corrected chi connectivity index (χ3v) is 6.47. The number of carbonyl (C=O) groups is 1. The van der Waals surface area contributed by atoms with Crippen LogP contribution in [0.4, 0.5) is 0 Å². The SMILES string of the molecule is O=C(OCc1cc(=O)n2ccsc2n1)c1c2c(nc3ccccc13)/C(=C/c1ccco1)CC2. The summed E-state index contributed by atoms with van der Waals surface area (Å²) in [6.07, 6.45) is 6.71. The predicted molar refractivity (Wildman–Crippen MR) is 125 cm³/mol. The van der Waals surface area contributed by atoms with Crippen molar-refractivity contribution in [2.24, 2.45) is 0 Å². The number of para-hydroxylation sites is 1. The topological polar surface area (TPSA) is 86.7 Å². The lowest BCUT2D eigenvalue weighted by molar-refractivity contribution is 0.0469. The summed E-state index contributed by atoms with van der Waals surface area (Å²) in [5, 5.41) is 2.54. The van der Waals surface area contributed by atoms with Crippen LogP contribution in [0.15, 0.2) is 69.5 Å². The maximum absolute atomic E-state index is 13.3. The maximum atomic E-state index is 13.3. The minimum Gasteiger partial charge on any atom is -0.465 e. The highest BCUT2D eigenvalue weighted by Crippen LogP contribution is 2.37. The fraction of sp³-hybridized carbons (Fsp3) is 0.120. The van der Waals surface area contributed by atoms with Gasteiger partial charge in [0.2, 0.25) is 0 Å². The number of carbonyl (C=O) groups excluding carboxylic acids is 1. The second-order valence-electron chi connectivity index (χ2n) is 7.73. The molecule has 0 N–H and O–H groups in total. The first-order valence-electron chi connectivity index (χ1n) is 10.5. The molecule has 0 radical (unpaired) electrons. The summed E-state index contributed by atoms with van der Waals surface area (Å²) >= 11 is 1.36. The quantitative estimate of drug-likeness (QED) is 0.364. The molecule has 4 aromatic heterocycles. The second kappa shape index (κ2) is 7.83. The second-order valence-corrected chi connectivity index (χ2v) is 8.61. The van der Waals surface area contributed by atoms with E-state index in [0.29, 0.717) is 22.6 Å². The summed E-state index contributed by atoms with van der Waals surface area (Å²) in [4.78, 5) is 35.4. The highest BCUT2D eigenvalue weighted by molar-refractivity contribution is 7.15. The Hall–Kier alpha value is -4.04. The number of allylic oxidation sites excluding steroid dienone is 1. The van der Waals surface area contributed by atoms with Crippen LogP contribution in [-0.2, 0) is 17.8 Å². The number of rotatable bonds is 4. The molecule has 1 aromatic carbocycles. The van der Waals surface area contributed by atoms with Gasteiger partial charge in [-0.25, -0.2) is 14.8 Å². The summed E-state index contributed by atoms with van der Waals surface area (Å²) in [5.41, 5.74) is 4.17. The number of thiazole rings is 1. The van der Waals surface area contributed by atoms with Crippen LogP contribution < -0.4 is 5.56 Å². The third-order valence-electron chi connectivity index (χ3n) is 5.71. The van der Waals surface area contributed by atoms with Crippen LogP contribution in [-0.4, -0.2) is 20.3 Å². The van der Waals surface area contributed by atoms with E-state index >= 15 is 0 Å². The van der Waals surface area contributed by atoms with Gasteiger partial charge in [-0.15, -0.1) is 11.3 Å². The number of esters is 1. The molecule has 5 aromatic rings. The van der Waals surface area contributed by atoms with Crippen molar-refractivity contribution in [1.29, 1.82) is 0 Å². The van der Waals surface area contributed by atoms with Crippen LogP contribution in [0.2, 0.25) is 0 Å². The monoisotopic (exact) mass is 455 g/mol. The van der Waals surface area contributed by atoms with Crippen molar-refractivity contribution in [3.63, 3.8) is 0 Å². The minimum atomic E-state index is -0.447. The fourth-order valence-electron chi connectivity index (χ4n) is 4.23. The van der Waals surface area contributed by atoms with E-state index in [9.17, 15) is 9.59 Å². The first kappa shape index (κ1) is 19.6. The van der Waals surface area contributed by atoms with Gasteiger partial charge in [0.1, 0.15) is 12.4 Å². The Morgan fingerprint density at radius 3 is 2.97 bits per heavy atom. The van der Waals surface area contributed by atoms with Gasteiger partial charge in [-0.05, 0) is 48.3 Å². The van der Waals surface area contributed by atoms with Crippen molar-refractivity contribution >= 4 is 44.8 Å². The van der Waals surface area contributed by atoms with E-state index in [1.54, 1.807) is 17.8 Å². The highest BCUT2D eigenvalue weighted by Gasteiger charge is 2.28. The number of benzene rings is 1. The summed E-state index contributed by atoms with van der Waals surface area (Å²) in [6, 6.07) is 12.7. The zero-order chi connectivity index (χ0) is 22.4. The Morgan fingerprint density at radius 2 is 2.09 bits per heavy atom. The molecule has 6 rings (SSSR count). The van der Waals surface area contributed by atoms with E-state index in [1.807, 2.05) is 42.5 Å². The van der Waals surface area contributed by atoms with Crippen LogP contribution >= 0.6 is 11.3 Å². The Kier molecular flexibility index (Phi) is 4.66. The van der Waals surface area contributed by atoms with Gasteiger partial charge in [-0.3, -0.25) is 9.20 Å². The number of hydrogen-bond acceptors (Lipinski definition) is 7. The molecule has 0 saturated carbocycles. The Bertz CT molecular complexity index is 1610. The molecule has 8 heteroatoms. The number of pyridine rings is 1. The average molecular weight is 455 g/mol. The summed E-state index contributed by atoms with van der Waals surface area (Å²) < 4.78 is 12.6. The molecular formula is C25H17N3O4S. The zero-order valence-electron chi connectivity index (χ0n) is 17.4. The van der Waals surface area contributed by atoms with E-state index < -0.39 is 5.97 Å². The molecule has 0 aliphatic heterocycles. The van der Waals surface area contributed by atoms with Crippen LogP contribution in [0.5, 0.6) is 0 Å². The van der Waals surface area contributed by atoms with Gasteiger partial charge in [0, 0.05) is 23.0 Å². The van der Waals surface area contributed by atoms with Gasteiger partial charge in [0.15, 0.2) is 4.96 Å². The molecule has 162 valence electrons. The van der Waals surface area contributed by atoms with E-state index in [-0.39, 0.29) is 12.2 Å². The van der Waals surface area contributed by atoms with Gasteiger partial charge in [-0.1, -0.05) is 18.2 Å². The summed E-state index contributed by atoms with van der Waals surface area (Å²) in [5.74, 6) is 0.301. The maximum Gasteiger partial charge on any atom is 0.339 e. The molecular weight excluding hydrogens is 438 g/mol. The van der Waals surface area contributed by atoms with Crippen LogP contribution in [0.3, 0.4) is 0 Å². The number of nitrogens with zero attached hydrogens (tertiary/aromatic N) is 3. The van der Waals surface area contributed by atoms with Crippen molar-refractivity contribution < 1.29 is 13.9 Å². The van der Waals surface area contributed by atoms with Crippen LogP contribution in [0.1, 0.15) is 39.5 Å². The van der Waals surface area contributed by atoms with Gasteiger partial charge < -0.3 is 9.15 Å². The van der Waals surface area contributed by atoms with Gasteiger partial charge in [-0.2, -0.15) is 0 Å². The van der Waals surface area contributed by atoms with Crippen molar-refractivity contribution in [2.45, 2.75) is 19.4 Å². The molecule has 0 unspecified atom stereocenters. The average Bonchev–Trinajstić information content (AvgIpc) is 3.58. The molecule has 0 bridgehead atoms. The lowest BCUT2D eigenvalue weighted by Gasteiger charge is -2.12. The first-order chi connectivity index (χ1) is 16.2. The largest absolute Gasteiger partial charge is 0.465 e. The molecule has 33 heavy (non-hydrogen) atoms. The van der Waals surface area contributed by atoms with E-state index in [1.165, 1.54) is 21.8 Å². The lowest BCUT2D eigenvalue weighted by atomic mass is 10.0. The molecule has 1 aliphatic rings. The normalized spacial score (nSPS) is 14.2. The number of aromatic nitrogens is 3. The molecule has 0 fully saturated rings. The molecule has 0 atom stereocenters. The number of fused-ring (bicyclic) bond motifs is 3. The fourth-order valence-corrected chi connectivity index (χ4v) is 4.97. The Labute approximate surface area is 191 Å². The molecule has 1 aliphatic carbocycles. The highest BCUT2D eigenvalue weighted by atomic mass is 32.1. The van der Waals surface area contributed by atoms with Crippen molar-refractivity contribution in [2.75, 3.05) is 0 Å². The van der Waals surface area contributed by atoms with Crippen molar-refractivity contribution in [3.8, 4) is 0 Å². The first-order valence-corrected chi connectivity index (χ1v) is 11.3. The van der Waals surface area contributed by atoms with Gasteiger partial charge >= 0.3 is 5.97 Å². The van der Waals surface area contributed by atoms with E-state index in [2.05, 4.69) is 4.98 Å². The predicted octanol–water partition coefficient (Wildman–Crippen LogP) is 4.74. The molecule has 7 nitrogen and oxygen atoms in total.